The molecule has 110 valence electrons. The van der Waals surface area contributed by atoms with Crippen molar-refractivity contribution in [2.45, 2.75) is 38.4 Å². The Labute approximate surface area is 127 Å². The first-order chi connectivity index (χ1) is 10.4. The van der Waals surface area contributed by atoms with Crippen molar-refractivity contribution in [3.63, 3.8) is 0 Å². The zero-order chi connectivity index (χ0) is 14.1. The molecule has 0 bridgehead atoms. The fourth-order valence-electron chi connectivity index (χ4n) is 3.08. The number of thiazole rings is 1. The number of piperidine rings is 1. The van der Waals surface area contributed by atoms with Gasteiger partial charge in [0.2, 0.25) is 0 Å². The molecule has 0 aromatic carbocycles. The lowest BCUT2D eigenvalue weighted by atomic mass is 10.0. The molecule has 0 N–H and O–H groups in total. The highest BCUT2D eigenvalue weighted by atomic mass is 32.1. The SMILES string of the molecule is c1ncn(C[C@@H]2CCCCN2Cc2cn3ccsc3n2)n1. The number of hydrogen-bond acceptors (Lipinski definition) is 5. The van der Waals surface area contributed by atoms with Crippen molar-refractivity contribution in [3.8, 4) is 0 Å². The summed E-state index contributed by atoms with van der Waals surface area (Å²) in [6.07, 6.45) is 11.4. The van der Waals surface area contributed by atoms with Crippen LogP contribution in [0.4, 0.5) is 0 Å². The largest absolute Gasteiger partial charge is 0.297 e. The van der Waals surface area contributed by atoms with Gasteiger partial charge in [-0.3, -0.25) is 14.0 Å². The van der Waals surface area contributed by atoms with Crippen LogP contribution in [-0.4, -0.2) is 41.6 Å². The van der Waals surface area contributed by atoms with E-state index in [0.29, 0.717) is 6.04 Å². The highest BCUT2D eigenvalue weighted by molar-refractivity contribution is 7.15. The first-order valence-electron chi connectivity index (χ1n) is 7.36. The van der Waals surface area contributed by atoms with E-state index in [1.807, 2.05) is 4.68 Å². The fraction of sp³-hybridized carbons (Fsp3) is 0.500. The quantitative estimate of drug-likeness (QED) is 0.740. The monoisotopic (exact) mass is 302 g/mol. The molecule has 3 aromatic heterocycles. The van der Waals surface area contributed by atoms with E-state index in [9.17, 15) is 0 Å². The van der Waals surface area contributed by atoms with E-state index < -0.39 is 0 Å². The summed E-state index contributed by atoms with van der Waals surface area (Å²) in [6, 6.07) is 0.528. The van der Waals surface area contributed by atoms with Gasteiger partial charge in [0.05, 0.1) is 12.2 Å². The van der Waals surface area contributed by atoms with Crippen LogP contribution in [0.15, 0.2) is 30.4 Å². The summed E-state index contributed by atoms with van der Waals surface area (Å²) < 4.78 is 4.05. The van der Waals surface area contributed by atoms with Crippen LogP contribution in [-0.2, 0) is 13.1 Å². The van der Waals surface area contributed by atoms with Crippen LogP contribution in [0.1, 0.15) is 25.0 Å². The maximum Gasteiger partial charge on any atom is 0.193 e. The maximum absolute atomic E-state index is 4.70. The van der Waals surface area contributed by atoms with Gasteiger partial charge < -0.3 is 0 Å². The molecule has 1 atom stereocenters. The molecule has 7 heteroatoms. The molecular formula is C14H18N6S. The van der Waals surface area contributed by atoms with Crippen molar-refractivity contribution in [1.82, 2.24) is 29.0 Å². The number of rotatable bonds is 4. The normalized spacial score (nSPS) is 20.3. The molecule has 0 spiro atoms. The average Bonchev–Trinajstić information content (AvgIpc) is 3.17. The van der Waals surface area contributed by atoms with Crippen LogP contribution in [0.25, 0.3) is 4.96 Å². The minimum absolute atomic E-state index is 0.528. The molecule has 21 heavy (non-hydrogen) atoms. The van der Waals surface area contributed by atoms with Crippen molar-refractivity contribution in [2.75, 3.05) is 6.54 Å². The molecule has 0 amide bonds. The Morgan fingerprint density at radius 1 is 1.33 bits per heavy atom. The van der Waals surface area contributed by atoms with E-state index in [2.05, 4.69) is 37.2 Å². The van der Waals surface area contributed by atoms with Crippen molar-refractivity contribution in [1.29, 1.82) is 0 Å². The molecule has 1 aliphatic rings. The molecule has 4 rings (SSSR count). The lowest BCUT2D eigenvalue weighted by Gasteiger charge is -2.35. The molecule has 4 heterocycles. The predicted octanol–water partition coefficient (Wildman–Crippen LogP) is 2.04. The van der Waals surface area contributed by atoms with Crippen molar-refractivity contribution >= 4 is 16.3 Å². The zero-order valence-electron chi connectivity index (χ0n) is 11.8. The minimum Gasteiger partial charge on any atom is -0.297 e. The Bertz CT molecular complexity index is 672. The van der Waals surface area contributed by atoms with Crippen LogP contribution in [0.5, 0.6) is 0 Å². The van der Waals surface area contributed by atoms with Gasteiger partial charge in [0.15, 0.2) is 4.96 Å². The standard InChI is InChI=1S/C14H18N6S/c1-2-4-18(13(3-1)9-20-11-15-10-16-20)7-12-8-19-5-6-21-14(19)17-12/h5-6,8,10-11,13H,1-4,7,9H2/t13-/m0/s1. The smallest absolute Gasteiger partial charge is 0.193 e. The van der Waals surface area contributed by atoms with E-state index in [4.69, 9.17) is 4.98 Å². The Morgan fingerprint density at radius 3 is 3.19 bits per heavy atom. The topological polar surface area (TPSA) is 51.2 Å². The number of aromatic nitrogens is 5. The second-order valence-electron chi connectivity index (χ2n) is 5.56. The highest BCUT2D eigenvalue weighted by Crippen LogP contribution is 2.21. The molecule has 0 saturated carbocycles. The summed E-state index contributed by atoms with van der Waals surface area (Å²) in [6.45, 7) is 2.99. The van der Waals surface area contributed by atoms with Gasteiger partial charge in [-0.2, -0.15) is 5.10 Å². The third kappa shape index (κ3) is 2.71. The minimum atomic E-state index is 0.528. The maximum atomic E-state index is 4.70. The third-order valence-corrected chi connectivity index (χ3v) is 4.89. The van der Waals surface area contributed by atoms with Gasteiger partial charge in [0, 0.05) is 30.4 Å². The van der Waals surface area contributed by atoms with Gasteiger partial charge in [-0.25, -0.2) is 9.97 Å². The Morgan fingerprint density at radius 2 is 2.33 bits per heavy atom. The Kier molecular flexibility index (Phi) is 3.44. The van der Waals surface area contributed by atoms with Gasteiger partial charge in [0.1, 0.15) is 12.7 Å². The van der Waals surface area contributed by atoms with Crippen molar-refractivity contribution in [3.05, 3.63) is 36.1 Å². The van der Waals surface area contributed by atoms with Gasteiger partial charge in [-0.05, 0) is 19.4 Å². The lowest BCUT2D eigenvalue weighted by molar-refractivity contribution is 0.120. The second-order valence-corrected chi connectivity index (χ2v) is 6.44. The molecule has 1 aliphatic heterocycles. The summed E-state index contributed by atoms with van der Waals surface area (Å²) in [7, 11) is 0. The Hall–Kier alpha value is -1.73. The van der Waals surface area contributed by atoms with E-state index in [0.717, 1.165) is 30.3 Å². The molecule has 1 fully saturated rings. The molecule has 0 aliphatic carbocycles. The van der Waals surface area contributed by atoms with Gasteiger partial charge >= 0.3 is 0 Å². The first kappa shape index (κ1) is 13.0. The van der Waals surface area contributed by atoms with Crippen LogP contribution in [0.2, 0.25) is 0 Å². The van der Waals surface area contributed by atoms with Crippen molar-refractivity contribution < 1.29 is 0 Å². The number of nitrogens with zero attached hydrogens (tertiary/aromatic N) is 6. The lowest BCUT2D eigenvalue weighted by Crippen LogP contribution is -2.41. The summed E-state index contributed by atoms with van der Waals surface area (Å²) in [5.41, 5.74) is 1.16. The van der Waals surface area contributed by atoms with Crippen LogP contribution >= 0.6 is 11.3 Å². The summed E-state index contributed by atoms with van der Waals surface area (Å²) >= 11 is 1.69. The van der Waals surface area contributed by atoms with Crippen molar-refractivity contribution in [2.24, 2.45) is 0 Å². The summed E-state index contributed by atoms with van der Waals surface area (Å²) in [5.74, 6) is 0. The molecule has 0 radical (unpaired) electrons. The van der Waals surface area contributed by atoms with Gasteiger partial charge in [0.25, 0.3) is 0 Å². The zero-order valence-corrected chi connectivity index (χ0v) is 12.6. The van der Waals surface area contributed by atoms with Gasteiger partial charge in [-0.1, -0.05) is 6.42 Å². The van der Waals surface area contributed by atoms with Crippen LogP contribution in [0.3, 0.4) is 0 Å². The highest BCUT2D eigenvalue weighted by Gasteiger charge is 2.23. The third-order valence-electron chi connectivity index (χ3n) is 4.12. The van der Waals surface area contributed by atoms with E-state index in [1.165, 1.54) is 19.3 Å². The molecule has 6 nitrogen and oxygen atoms in total. The first-order valence-corrected chi connectivity index (χ1v) is 8.24. The van der Waals surface area contributed by atoms with E-state index in [1.54, 1.807) is 24.0 Å². The van der Waals surface area contributed by atoms with Crippen LogP contribution in [0, 0.1) is 0 Å². The summed E-state index contributed by atoms with van der Waals surface area (Å²) in [5, 5.41) is 6.31. The fourth-order valence-corrected chi connectivity index (χ4v) is 3.80. The molecule has 0 unspecified atom stereocenters. The number of imidazole rings is 1. The van der Waals surface area contributed by atoms with E-state index >= 15 is 0 Å². The number of fused-ring (bicyclic) bond motifs is 1. The van der Waals surface area contributed by atoms with Crippen LogP contribution < -0.4 is 0 Å². The molecule has 3 aromatic rings. The number of hydrogen-bond donors (Lipinski definition) is 0. The number of likely N-dealkylation sites (tertiary alicyclic amines) is 1. The second kappa shape index (κ2) is 5.57. The summed E-state index contributed by atoms with van der Waals surface area (Å²) in [4.78, 5) is 12.4. The van der Waals surface area contributed by atoms with Gasteiger partial charge in [-0.15, -0.1) is 11.3 Å². The Balaban J connectivity index is 1.49. The average molecular weight is 302 g/mol. The van der Waals surface area contributed by atoms with E-state index in [-0.39, 0.29) is 0 Å². The molecule has 1 saturated heterocycles. The molecular weight excluding hydrogens is 284 g/mol. The predicted molar refractivity (Wildman–Crippen MR) is 81.1 cm³/mol.